The highest BCUT2D eigenvalue weighted by Crippen LogP contribution is 2.35. The molecule has 0 saturated carbocycles. The van der Waals surface area contributed by atoms with Gasteiger partial charge in [0.15, 0.2) is 0 Å². The molecular formula is C22H26FN3O3S. The third kappa shape index (κ3) is 3.98. The number of hydrogen-bond acceptors (Lipinski definition) is 5. The number of benzene rings is 1. The number of fused-ring (bicyclic) bond motifs is 1. The van der Waals surface area contributed by atoms with Gasteiger partial charge in [-0.3, -0.25) is 19.4 Å². The summed E-state index contributed by atoms with van der Waals surface area (Å²) in [5.41, 5.74) is 3.57. The first kappa shape index (κ1) is 20.9. The molecule has 1 aliphatic heterocycles. The first-order valence-electron chi connectivity index (χ1n) is 10.3. The fourth-order valence-electron chi connectivity index (χ4n) is 4.32. The van der Waals surface area contributed by atoms with E-state index >= 15 is 0 Å². The van der Waals surface area contributed by atoms with Crippen LogP contribution in [-0.4, -0.2) is 48.6 Å². The summed E-state index contributed by atoms with van der Waals surface area (Å²) in [6, 6.07) is 5.27. The number of carbonyl (C=O) groups is 1. The van der Waals surface area contributed by atoms with Crippen molar-refractivity contribution in [2.45, 2.75) is 50.8 Å². The highest BCUT2D eigenvalue weighted by molar-refractivity contribution is 7.90. The van der Waals surface area contributed by atoms with Crippen molar-refractivity contribution in [2.24, 2.45) is 0 Å². The molecule has 0 atom stereocenters. The van der Waals surface area contributed by atoms with Crippen LogP contribution in [0.5, 0.6) is 0 Å². The second-order valence-electron chi connectivity index (χ2n) is 8.35. The lowest BCUT2D eigenvalue weighted by molar-refractivity contribution is -0.118. The monoisotopic (exact) mass is 431 g/mol. The summed E-state index contributed by atoms with van der Waals surface area (Å²) in [6.07, 6.45) is 5.29. The number of sulfonamides is 1. The Hall–Kier alpha value is -2.32. The molecule has 1 N–H and O–H groups in total. The van der Waals surface area contributed by atoms with Crippen molar-refractivity contribution in [3.05, 3.63) is 53.1 Å². The predicted molar refractivity (Wildman–Crippen MR) is 113 cm³/mol. The molecule has 0 radical (unpaired) electrons. The smallest absolute Gasteiger partial charge is 0.240 e. The van der Waals surface area contributed by atoms with Gasteiger partial charge in [-0.05, 0) is 79.1 Å². The lowest BCUT2D eigenvalue weighted by Crippen LogP contribution is -2.60. The number of halogens is 1. The maximum absolute atomic E-state index is 14.7. The molecule has 2 heterocycles. The molecule has 1 fully saturated rings. The van der Waals surface area contributed by atoms with Gasteiger partial charge in [-0.1, -0.05) is 0 Å². The zero-order valence-electron chi connectivity index (χ0n) is 17.2. The van der Waals surface area contributed by atoms with Crippen LogP contribution in [0.1, 0.15) is 37.0 Å². The molecule has 1 aliphatic carbocycles. The number of aromatic nitrogens is 1. The Balaban J connectivity index is 1.59. The predicted octanol–water partition coefficient (Wildman–Crippen LogP) is 2.46. The molecule has 30 heavy (non-hydrogen) atoms. The van der Waals surface area contributed by atoms with Crippen LogP contribution in [0.4, 0.5) is 4.39 Å². The number of carbonyl (C=O) groups excluding carboxylic acids is 1. The number of likely N-dealkylation sites (tertiary alicyclic amines) is 1. The number of pyridine rings is 1. The van der Waals surface area contributed by atoms with E-state index in [2.05, 4.69) is 9.71 Å². The van der Waals surface area contributed by atoms with Gasteiger partial charge in [0.1, 0.15) is 11.1 Å². The molecule has 8 heteroatoms. The number of rotatable bonds is 6. The topological polar surface area (TPSA) is 79.4 Å². The van der Waals surface area contributed by atoms with Gasteiger partial charge in [0, 0.05) is 31.5 Å². The van der Waals surface area contributed by atoms with E-state index in [1.165, 1.54) is 6.07 Å². The van der Waals surface area contributed by atoms with E-state index < -0.39 is 21.2 Å². The Morgan fingerprint density at radius 1 is 1.23 bits per heavy atom. The van der Waals surface area contributed by atoms with Crippen molar-refractivity contribution in [3.63, 3.8) is 0 Å². The van der Waals surface area contributed by atoms with Crippen LogP contribution in [0, 0.1) is 5.82 Å². The second kappa shape index (κ2) is 8.07. The van der Waals surface area contributed by atoms with Gasteiger partial charge in [-0.2, -0.15) is 0 Å². The molecule has 2 aromatic rings. The SMILES string of the molecule is CC(C)N1CC(S(=O)(=O)NC(=O)Cc2c(-c3ccncc3)cc(F)c3c2CCC3)C1. The Morgan fingerprint density at radius 3 is 2.57 bits per heavy atom. The molecule has 160 valence electrons. The lowest BCUT2D eigenvalue weighted by Gasteiger charge is -2.41. The van der Waals surface area contributed by atoms with Gasteiger partial charge in [-0.15, -0.1) is 0 Å². The van der Waals surface area contributed by atoms with Crippen molar-refractivity contribution < 1.29 is 17.6 Å². The van der Waals surface area contributed by atoms with Crippen molar-refractivity contribution in [3.8, 4) is 11.1 Å². The minimum absolute atomic E-state index is 0.0971. The molecule has 4 rings (SSSR count). The molecule has 0 spiro atoms. The van der Waals surface area contributed by atoms with Crippen LogP contribution in [0.25, 0.3) is 11.1 Å². The quantitative estimate of drug-likeness (QED) is 0.760. The zero-order valence-corrected chi connectivity index (χ0v) is 18.0. The standard InChI is InChI=1S/C22H26FN3O3S/c1-14(2)26-12-16(13-26)30(28,29)25-22(27)11-20-17-4-3-5-18(17)21(23)10-19(20)15-6-8-24-9-7-15/h6-10,14,16H,3-5,11-13H2,1-2H3,(H,25,27). The third-order valence-electron chi connectivity index (χ3n) is 6.10. The molecule has 1 saturated heterocycles. The summed E-state index contributed by atoms with van der Waals surface area (Å²) in [5, 5.41) is -0.581. The molecule has 0 bridgehead atoms. The number of amides is 1. The minimum Gasteiger partial charge on any atom is -0.298 e. The van der Waals surface area contributed by atoms with E-state index in [-0.39, 0.29) is 18.3 Å². The maximum Gasteiger partial charge on any atom is 0.240 e. The zero-order chi connectivity index (χ0) is 21.5. The first-order chi connectivity index (χ1) is 14.3. The molecule has 6 nitrogen and oxygen atoms in total. The van der Waals surface area contributed by atoms with E-state index in [1.54, 1.807) is 24.5 Å². The summed E-state index contributed by atoms with van der Waals surface area (Å²) in [5.74, 6) is -0.844. The molecule has 2 aliphatic rings. The van der Waals surface area contributed by atoms with E-state index in [4.69, 9.17) is 0 Å². The van der Waals surface area contributed by atoms with Crippen molar-refractivity contribution in [1.29, 1.82) is 0 Å². The number of nitrogens with zero attached hydrogens (tertiary/aromatic N) is 2. The summed E-state index contributed by atoms with van der Waals surface area (Å²) >= 11 is 0. The van der Waals surface area contributed by atoms with Crippen LogP contribution in [0.2, 0.25) is 0 Å². The Morgan fingerprint density at radius 2 is 1.90 bits per heavy atom. The Kier molecular flexibility index (Phi) is 5.63. The second-order valence-corrected chi connectivity index (χ2v) is 10.3. The third-order valence-corrected chi connectivity index (χ3v) is 7.78. The highest BCUT2D eigenvalue weighted by Gasteiger charge is 2.39. The van der Waals surface area contributed by atoms with E-state index in [0.29, 0.717) is 42.6 Å². The normalized spacial score (nSPS) is 17.1. The Labute approximate surface area is 176 Å². The van der Waals surface area contributed by atoms with E-state index in [1.807, 2.05) is 18.7 Å². The van der Waals surface area contributed by atoms with Crippen molar-refractivity contribution in [1.82, 2.24) is 14.6 Å². The summed E-state index contributed by atoms with van der Waals surface area (Å²) < 4.78 is 42.1. The molecular weight excluding hydrogens is 405 g/mol. The number of nitrogens with one attached hydrogen (secondary N) is 1. The van der Waals surface area contributed by atoms with Gasteiger partial charge in [0.2, 0.25) is 15.9 Å². The van der Waals surface area contributed by atoms with E-state index in [0.717, 1.165) is 17.5 Å². The van der Waals surface area contributed by atoms with Gasteiger partial charge in [-0.25, -0.2) is 12.8 Å². The van der Waals surface area contributed by atoms with Crippen LogP contribution in [0.3, 0.4) is 0 Å². The van der Waals surface area contributed by atoms with Crippen LogP contribution >= 0.6 is 0 Å². The summed E-state index contributed by atoms with van der Waals surface area (Å²) in [4.78, 5) is 18.8. The summed E-state index contributed by atoms with van der Waals surface area (Å²) in [7, 11) is -3.73. The average Bonchev–Trinajstić information content (AvgIpc) is 3.13. The molecule has 1 aromatic carbocycles. The maximum atomic E-state index is 14.7. The van der Waals surface area contributed by atoms with Gasteiger partial charge in [0.25, 0.3) is 0 Å². The highest BCUT2D eigenvalue weighted by atomic mass is 32.2. The van der Waals surface area contributed by atoms with Crippen LogP contribution in [0.15, 0.2) is 30.6 Å². The fourth-order valence-corrected chi connectivity index (χ4v) is 5.65. The van der Waals surface area contributed by atoms with Crippen molar-refractivity contribution in [2.75, 3.05) is 13.1 Å². The average molecular weight is 432 g/mol. The van der Waals surface area contributed by atoms with Crippen LogP contribution < -0.4 is 4.72 Å². The summed E-state index contributed by atoms with van der Waals surface area (Å²) in [6.45, 7) is 4.87. The fraction of sp³-hybridized carbons (Fsp3) is 0.455. The lowest BCUT2D eigenvalue weighted by atomic mass is 9.91. The van der Waals surface area contributed by atoms with Gasteiger partial charge < -0.3 is 0 Å². The first-order valence-corrected chi connectivity index (χ1v) is 11.8. The number of hydrogen-bond donors (Lipinski definition) is 1. The molecule has 1 amide bonds. The van der Waals surface area contributed by atoms with Crippen LogP contribution in [-0.2, 0) is 34.1 Å². The largest absolute Gasteiger partial charge is 0.298 e. The van der Waals surface area contributed by atoms with Gasteiger partial charge in [0.05, 0.1) is 6.42 Å². The van der Waals surface area contributed by atoms with Crippen molar-refractivity contribution >= 4 is 15.9 Å². The molecule has 0 unspecified atom stereocenters. The Bertz CT molecular complexity index is 1060. The molecule has 1 aromatic heterocycles. The van der Waals surface area contributed by atoms with E-state index in [9.17, 15) is 17.6 Å². The van der Waals surface area contributed by atoms with Gasteiger partial charge >= 0.3 is 0 Å². The minimum atomic E-state index is -3.73.